The van der Waals surface area contributed by atoms with Crippen molar-refractivity contribution in [3.63, 3.8) is 0 Å². The van der Waals surface area contributed by atoms with Crippen LogP contribution < -0.4 is 10.1 Å². The summed E-state index contributed by atoms with van der Waals surface area (Å²) in [5, 5.41) is 3.12. The highest BCUT2D eigenvalue weighted by Crippen LogP contribution is 2.38. The van der Waals surface area contributed by atoms with Crippen molar-refractivity contribution in [2.45, 2.75) is 26.0 Å². The maximum Gasteiger partial charge on any atom is 0.134 e. The number of nitrogens with one attached hydrogen (secondary N) is 1. The van der Waals surface area contributed by atoms with E-state index in [-0.39, 0.29) is 12.1 Å². The molecule has 1 aromatic carbocycles. The Hall–Kier alpha value is -1.16. The fraction of sp³-hybridized carbons (Fsp3) is 0.455. The predicted octanol–water partition coefficient (Wildman–Crippen LogP) is 2.40. The second-order valence-electron chi connectivity index (χ2n) is 3.66. The zero-order valence-corrected chi connectivity index (χ0v) is 8.68. The van der Waals surface area contributed by atoms with Crippen molar-refractivity contribution >= 4 is 0 Å². The average Bonchev–Trinajstić information content (AvgIpc) is 2.43. The summed E-state index contributed by atoms with van der Waals surface area (Å²) in [6.07, 6.45) is -0.170. The quantitative estimate of drug-likeness (QED) is 0.814. The molecule has 0 aromatic heterocycles. The van der Waals surface area contributed by atoms with Crippen molar-refractivity contribution in [1.29, 1.82) is 0 Å². The molecular weight excluding hydrogens is 200 g/mol. The summed E-state index contributed by atoms with van der Waals surface area (Å²) in [5.41, 5.74) is 0.436. The molecule has 1 aromatic rings. The van der Waals surface area contributed by atoms with Crippen molar-refractivity contribution in [2.75, 3.05) is 6.54 Å². The lowest BCUT2D eigenvalue weighted by molar-refractivity contribution is 0.210. The standard InChI is InChI=1S/C11H13F2NO/c1-3-14-11-6(2)15-9-5-7(12)4-8(13)10(9)11/h4-6,11,14H,3H2,1-2H3. The van der Waals surface area contributed by atoms with E-state index in [1.54, 1.807) is 0 Å². The van der Waals surface area contributed by atoms with Gasteiger partial charge in [0.25, 0.3) is 0 Å². The van der Waals surface area contributed by atoms with Gasteiger partial charge in [-0.2, -0.15) is 0 Å². The molecule has 0 amide bonds. The Kier molecular flexibility index (Phi) is 2.61. The SMILES string of the molecule is CCNC1c2c(F)cc(F)cc2OC1C. The lowest BCUT2D eigenvalue weighted by Crippen LogP contribution is -2.29. The fourth-order valence-corrected chi connectivity index (χ4v) is 1.95. The summed E-state index contributed by atoms with van der Waals surface area (Å²) < 4.78 is 31.9. The van der Waals surface area contributed by atoms with E-state index in [1.165, 1.54) is 6.07 Å². The van der Waals surface area contributed by atoms with Crippen molar-refractivity contribution in [1.82, 2.24) is 5.32 Å². The first-order chi connectivity index (χ1) is 7.13. The molecule has 82 valence electrons. The monoisotopic (exact) mass is 213 g/mol. The zero-order chi connectivity index (χ0) is 11.0. The Morgan fingerprint density at radius 1 is 1.40 bits per heavy atom. The highest BCUT2D eigenvalue weighted by molar-refractivity contribution is 5.42. The lowest BCUT2D eigenvalue weighted by Gasteiger charge is -2.15. The molecule has 1 aliphatic heterocycles. The van der Waals surface area contributed by atoms with Crippen LogP contribution in [0.4, 0.5) is 8.78 Å². The van der Waals surface area contributed by atoms with Gasteiger partial charge in [-0.15, -0.1) is 0 Å². The highest BCUT2D eigenvalue weighted by Gasteiger charge is 2.33. The Balaban J connectivity index is 2.43. The van der Waals surface area contributed by atoms with Gasteiger partial charge in [-0.05, 0) is 13.5 Å². The van der Waals surface area contributed by atoms with Crippen LogP contribution >= 0.6 is 0 Å². The van der Waals surface area contributed by atoms with Crippen LogP contribution in [-0.4, -0.2) is 12.6 Å². The van der Waals surface area contributed by atoms with Gasteiger partial charge in [0, 0.05) is 12.1 Å². The molecule has 2 unspecified atom stereocenters. The van der Waals surface area contributed by atoms with E-state index < -0.39 is 11.6 Å². The van der Waals surface area contributed by atoms with E-state index in [9.17, 15) is 8.78 Å². The molecule has 2 atom stereocenters. The Bertz CT molecular complexity index is 381. The average molecular weight is 213 g/mol. The van der Waals surface area contributed by atoms with Crippen molar-refractivity contribution in [3.8, 4) is 5.75 Å². The van der Waals surface area contributed by atoms with Crippen LogP contribution in [0.25, 0.3) is 0 Å². The molecule has 1 heterocycles. The van der Waals surface area contributed by atoms with Crippen molar-refractivity contribution < 1.29 is 13.5 Å². The smallest absolute Gasteiger partial charge is 0.134 e. The minimum absolute atomic E-state index is 0.170. The number of ether oxygens (including phenoxy) is 1. The summed E-state index contributed by atoms with van der Waals surface area (Å²) in [7, 11) is 0. The number of halogens is 2. The Morgan fingerprint density at radius 2 is 2.13 bits per heavy atom. The fourth-order valence-electron chi connectivity index (χ4n) is 1.95. The van der Waals surface area contributed by atoms with Crippen molar-refractivity contribution in [2.24, 2.45) is 0 Å². The van der Waals surface area contributed by atoms with E-state index in [4.69, 9.17) is 4.74 Å². The van der Waals surface area contributed by atoms with Gasteiger partial charge in [-0.1, -0.05) is 6.92 Å². The van der Waals surface area contributed by atoms with E-state index in [1.807, 2.05) is 13.8 Å². The van der Waals surface area contributed by atoms with Crippen LogP contribution in [0.3, 0.4) is 0 Å². The summed E-state index contributed by atoms with van der Waals surface area (Å²) in [6.45, 7) is 4.49. The molecule has 0 bridgehead atoms. The Labute approximate surface area is 87.2 Å². The molecule has 4 heteroatoms. The minimum Gasteiger partial charge on any atom is -0.488 e. The molecule has 15 heavy (non-hydrogen) atoms. The first-order valence-electron chi connectivity index (χ1n) is 5.02. The van der Waals surface area contributed by atoms with E-state index >= 15 is 0 Å². The van der Waals surface area contributed by atoms with Crippen molar-refractivity contribution in [3.05, 3.63) is 29.3 Å². The summed E-state index contributed by atoms with van der Waals surface area (Å²) in [6, 6.07) is 1.93. The molecule has 0 radical (unpaired) electrons. The first-order valence-corrected chi connectivity index (χ1v) is 5.02. The van der Waals surface area contributed by atoms with Gasteiger partial charge in [0.05, 0.1) is 11.6 Å². The predicted molar refractivity (Wildman–Crippen MR) is 52.9 cm³/mol. The molecule has 2 rings (SSSR count). The number of rotatable bonds is 2. The molecule has 0 saturated carbocycles. The first kappa shape index (κ1) is 10.4. The van der Waals surface area contributed by atoms with Crippen LogP contribution in [0, 0.1) is 11.6 Å². The van der Waals surface area contributed by atoms with Gasteiger partial charge in [0.15, 0.2) is 0 Å². The third-order valence-electron chi connectivity index (χ3n) is 2.57. The summed E-state index contributed by atoms with van der Waals surface area (Å²) in [5.74, 6) is -0.832. The molecule has 0 aliphatic carbocycles. The van der Waals surface area contributed by atoms with Crippen LogP contribution in [0.5, 0.6) is 5.75 Å². The highest BCUT2D eigenvalue weighted by atomic mass is 19.1. The van der Waals surface area contributed by atoms with Crippen LogP contribution in [-0.2, 0) is 0 Å². The largest absolute Gasteiger partial charge is 0.488 e. The van der Waals surface area contributed by atoms with E-state index in [0.717, 1.165) is 6.07 Å². The second-order valence-corrected chi connectivity index (χ2v) is 3.66. The molecule has 1 N–H and O–H groups in total. The Morgan fingerprint density at radius 3 is 2.80 bits per heavy atom. The molecule has 0 spiro atoms. The van der Waals surface area contributed by atoms with Crippen LogP contribution in [0.15, 0.2) is 12.1 Å². The van der Waals surface area contributed by atoms with Crippen LogP contribution in [0.1, 0.15) is 25.5 Å². The maximum atomic E-state index is 13.5. The van der Waals surface area contributed by atoms with Gasteiger partial charge in [-0.25, -0.2) is 8.78 Å². The van der Waals surface area contributed by atoms with Gasteiger partial charge >= 0.3 is 0 Å². The lowest BCUT2D eigenvalue weighted by atomic mass is 10.0. The molecular formula is C11H13F2NO. The summed E-state index contributed by atoms with van der Waals surface area (Å²) in [4.78, 5) is 0. The van der Waals surface area contributed by atoms with Gasteiger partial charge in [-0.3, -0.25) is 0 Å². The third-order valence-corrected chi connectivity index (χ3v) is 2.57. The topological polar surface area (TPSA) is 21.3 Å². The number of benzene rings is 1. The molecule has 0 fully saturated rings. The number of likely N-dealkylation sites (N-methyl/N-ethyl adjacent to an activating group) is 1. The van der Waals surface area contributed by atoms with E-state index in [0.29, 0.717) is 17.9 Å². The summed E-state index contributed by atoms with van der Waals surface area (Å²) >= 11 is 0. The van der Waals surface area contributed by atoms with Gasteiger partial charge < -0.3 is 10.1 Å². The van der Waals surface area contributed by atoms with E-state index in [2.05, 4.69) is 5.32 Å². The second kappa shape index (κ2) is 3.77. The minimum atomic E-state index is -0.601. The maximum absolute atomic E-state index is 13.5. The molecule has 2 nitrogen and oxygen atoms in total. The number of fused-ring (bicyclic) bond motifs is 1. The number of hydrogen-bond donors (Lipinski definition) is 1. The van der Waals surface area contributed by atoms with Crippen LogP contribution in [0.2, 0.25) is 0 Å². The molecule has 1 aliphatic rings. The number of hydrogen-bond acceptors (Lipinski definition) is 2. The van der Waals surface area contributed by atoms with Gasteiger partial charge in [0.2, 0.25) is 0 Å². The normalized spacial score (nSPS) is 23.7. The molecule has 0 saturated heterocycles. The third kappa shape index (κ3) is 1.69. The van der Waals surface area contributed by atoms with Gasteiger partial charge in [0.1, 0.15) is 23.5 Å². The zero-order valence-electron chi connectivity index (χ0n) is 8.68.